The Morgan fingerprint density at radius 2 is 2.19 bits per heavy atom. The molecule has 0 aromatic heterocycles. The van der Waals surface area contributed by atoms with Crippen LogP contribution in [0, 0.1) is 5.92 Å². The smallest absolute Gasteiger partial charge is 0.307 e. The lowest BCUT2D eigenvalue weighted by atomic mass is 10.1. The van der Waals surface area contributed by atoms with Crippen LogP contribution in [-0.2, 0) is 11.2 Å². The first-order valence-corrected chi connectivity index (χ1v) is 5.65. The van der Waals surface area contributed by atoms with Gasteiger partial charge in [0.1, 0.15) is 5.75 Å². The second-order valence-electron chi connectivity index (χ2n) is 4.12. The summed E-state index contributed by atoms with van der Waals surface area (Å²) >= 11 is 5.89. The van der Waals surface area contributed by atoms with Crippen LogP contribution >= 0.6 is 11.6 Å². The molecule has 4 heteroatoms. The molecule has 0 radical (unpaired) electrons. The lowest BCUT2D eigenvalue weighted by molar-refractivity contribution is -0.136. The molecule has 1 aliphatic rings. The number of carbonyl (C=O) groups is 1. The summed E-state index contributed by atoms with van der Waals surface area (Å²) in [4.78, 5) is 10.6. The molecule has 0 bridgehead atoms. The normalized spacial score (nSPS) is 14.8. The van der Waals surface area contributed by atoms with Gasteiger partial charge in [-0.15, -0.1) is 0 Å². The number of hydrogen-bond donors (Lipinski definition) is 1. The Morgan fingerprint density at radius 3 is 2.81 bits per heavy atom. The Hall–Kier alpha value is -1.22. The number of rotatable bonds is 5. The summed E-state index contributed by atoms with van der Waals surface area (Å²) < 4.78 is 5.56. The van der Waals surface area contributed by atoms with Gasteiger partial charge in [0, 0.05) is 5.02 Å². The molecule has 0 atom stereocenters. The third-order valence-electron chi connectivity index (χ3n) is 2.47. The topological polar surface area (TPSA) is 46.5 Å². The predicted octanol–water partition coefficient (Wildman–Crippen LogP) is 2.76. The van der Waals surface area contributed by atoms with Crippen molar-refractivity contribution in [3.8, 4) is 5.75 Å². The van der Waals surface area contributed by atoms with Gasteiger partial charge in [0.05, 0.1) is 13.0 Å². The second kappa shape index (κ2) is 4.74. The maximum atomic E-state index is 10.6. The molecule has 86 valence electrons. The summed E-state index contributed by atoms with van der Waals surface area (Å²) in [5.41, 5.74) is 0.672. The van der Waals surface area contributed by atoms with Gasteiger partial charge >= 0.3 is 5.97 Å². The molecule has 1 aromatic carbocycles. The Bertz CT molecular complexity index is 399. The van der Waals surface area contributed by atoms with Gasteiger partial charge in [-0.2, -0.15) is 0 Å². The molecule has 1 N–H and O–H groups in total. The van der Waals surface area contributed by atoms with Crippen molar-refractivity contribution in [2.24, 2.45) is 5.92 Å². The Kier molecular flexibility index (Phi) is 3.34. The fourth-order valence-corrected chi connectivity index (χ4v) is 1.73. The molecule has 0 saturated heterocycles. The minimum Gasteiger partial charge on any atom is -0.493 e. The average Bonchev–Trinajstić information content (AvgIpc) is 2.95. The molecule has 1 aliphatic carbocycles. The lowest BCUT2D eigenvalue weighted by Gasteiger charge is -2.07. The van der Waals surface area contributed by atoms with Crippen molar-refractivity contribution in [3.63, 3.8) is 0 Å². The molecule has 1 aromatic rings. The van der Waals surface area contributed by atoms with Crippen molar-refractivity contribution < 1.29 is 14.6 Å². The molecule has 0 aliphatic heterocycles. The summed E-state index contributed by atoms with van der Waals surface area (Å²) in [6.07, 6.45) is 2.42. The summed E-state index contributed by atoms with van der Waals surface area (Å²) in [6, 6.07) is 5.11. The quantitative estimate of drug-likeness (QED) is 0.861. The van der Waals surface area contributed by atoms with Crippen LogP contribution in [0.15, 0.2) is 18.2 Å². The van der Waals surface area contributed by atoms with Gasteiger partial charge in [-0.1, -0.05) is 11.6 Å². The first-order chi connectivity index (χ1) is 7.63. The molecular weight excluding hydrogens is 228 g/mol. The van der Waals surface area contributed by atoms with Crippen LogP contribution < -0.4 is 4.74 Å². The summed E-state index contributed by atoms with van der Waals surface area (Å²) in [5.74, 6) is 0.466. The highest BCUT2D eigenvalue weighted by Crippen LogP contribution is 2.30. The van der Waals surface area contributed by atoms with Crippen LogP contribution in [-0.4, -0.2) is 17.7 Å². The second-order valence-corrected chi connectivity index (χ2v) is 4.56. The molecule has 16 heavy (non-hydrogen) atoms. The van der Waals surface area contributed by atoms with Gasteiger partial charge in [0.25, 0.3) is 0 Å². The van der Waals surface area contributed by atoms with Gasteiger partial charge in [0.15, 0.2) is 0 Å². The zero-order valence-electron chi connectivity index (χ0n) is 8.78. The first kappa shape index (κ1) is 11.3. The summed E-state index contributed by atoms with van der Waals surface area (Å²) in [7, 11) is 0. The van der Waals surface area contributed by atoms with E-state index in [2.05, 4.69) is 0 Å². The van der Waals surface area contributed by atoms with E-state index in [-0.39, 0.29) is 6.42 Å². The number of ether oxygens (including phenoxy) is 1. The van der Waals surface area contributed by atoms with Crippen molar-refractivity contribution in [1.29, 1.82) is 0 Å². The van der Waals surface area contributed by atoms with Gasteiger partial charge in [-0.05, 0) is 42.5 Å². The van der Waals surface area contributed by atoms with E-state index in [4.69, 9.17) is 21.4 Å². The van der Waals surface area contributed by atoms with Crippen LogP contribution in [0.3, 0.4) is 0 Å². The highest BCUT2D eigenvalue weighted by Gasteiger charge is 2.22. The first-order valence-electron chi connectivity index (χ1n) is 5.27. The number of benzene rings is 1. The average molecular weight is 241 g/mol. The van der Waals surface area contributed by atoms with E-state index in [1.54, 1.807) is 18.2 Å². The van der Waals surface area contributed by atoms with E-state index >= 15 is 0 Å². The van der Waals surface area contributed by atoms with Gasteiger partial charge in [0.2, 0.25) is 0 Å². The molecular formula is C12H13ClO3. The number of carboxylic acid groups (broad SMARTS) is 1. The van der Waals surface area contributed by atoms with E-state index in [0.29, 0.717) is 28.9 Å². The van der Waals surface area contributed by atoms with Gasteiger partial charge < -0.3 is 9.84 Å². The van der Waals surface area contributed by atoms with Crippen molar-refractivity contribution in [1.82, 2.24) is 0 Å². The van der Waals surface area contributed by atoms with E-state index in [1.165, 1.54) is 12.8 Å². The summed E-state index contributed by atoms with van der Waals surface area (Å²) in [5, 5.41) is 9.21. The minimum absolute atomic E-state index is 0.0274. The molecule has 1 fully saturated rings. The number of aliphatic carboxylic acids is 1. The molecule has 0 unspecified atom stereocenters. The van der Waals surface area contributed by atoms with E-state index < -0.39 is 5.97 Å². The van der Waals surface area contributed by atoms with Crippen LogP contribution in [0.4, 0.5) is 0 Å². The van der Waals surface area contributed by atoms with Crippen molar-refractivity contribution in [3.05, 3.63) is 28.8 Å². The molecule has 2 rings (SSSR count). The van der Waals surface area contributed by atoms with Crippen LogP contribution in [0.2, 0.25) is 5.02 Å². The third-order valence-corrected chi connectivity index (χ3v) is 2.69. The fourth-order valence-electron chi connectivity index (χ4n) is 1.48. The molecule has 0 heterocycles. The third kappa shape index (κ3) is 3.42. The largest absolute Gasteiger partial charge is 0.493 e. The Labute approximate surface area is 99.0 Å². The van der Waals surface area contributed by atoms with E-state index in [1.807, 2.05) is 0 Å². The van der Waals surface area contributed by atoms with Crippen LogP contribution in [0.5, 0.6) is 5.75 Å². The zero-order chi connectivity index (χ0) is 11.5. The van der Waals surface area contributed by atoms with Gasteiger partial charge in [-0.3, -0.25) is 4.79 Å². The Balaban J connectivity index is 2.04. The van der Waals surface area contributed by atoms with Gasteiger partial charge in [-0.25, -0.2) is 0 Å². The highest BCUT2D eigenvalue weighted by molar-refractivity contribution is 6.30. The maximum absolute atomic E-state index is 10.6. The lowest BCUT2D eigenvalue weighted by Crippen LogP contribution is -2.02. The Morgan fingerprint density at radius 1 is 1.44 bits per heavy atom. The van der Waals surface area contributed by atoms with E-state index in [9.17, 15) is 4.79 Å². The van der Waals surface area contributed by atoms with Crippen molar-refractivity contribution in [2.75, 3.05) is 6.61 Å². The number of hydrogen-bond acceptors (Lipinski definition) is 2. The number of halogens is 1. The minimum atomic E-state index is -0.865. The maximum Gasteiger partial charge on any atom is 0.307 e. The number of carboxylic acids is 1. The monoisotopic (exact) mass is 240 g/mol. The fraction of sp³-hybridized carbons (Fsp3) is 0.417. The molecule has 0 spiro atoms. The van der Waals surface area contributed by atoms with Crippen LogP contribution in [0.25, 0.3) is 0 Å². The highest BCUT2D eigenvalue weighted by atomic mass is 35.5. The molecule has 3 nitrogen and oxygen atoms in total. The van der Waals surface area contributed by atoms with Crippen LogP contribution in [0.1, 0.15) is 18.4 Å². The zero-order valence-corrected chi connectivity index (χ0v) is 9.54. The van der Waals surface area contributed by atoms with Crippen molar-refractivity contribution >= 4 is 17.6 Å². The van der Waals surface area contributed by atoms with E-state index in [0.717, 1.165) is 0 Å². The standard InChI is InChI=1S/C12H13ClO3/c13-10-3-9(5-12(14)15)4-11(6-10)16-7-8-1-2-8/h3-4,6,8H,1-2,5,7H2,(H,14,15). The van der Waals surface area contributed by atoms with Crippen molar-refractivity contribution in [2.45, 2.75) is 19.3 Å². The predicted molar refractivity (Wildman–Crippen MR) is 61.0 cm³/mol. The SMILES string of the molecule is O=C(O)Cc1cc(Cl)cc(OCC2CC2)c1. The molecule has 1 saturated carbocycles. The summed E-state index contributed by atoms with van der Waals surface area (Å²) in [6.45, 7) is 0.701. The molecule has 0 amide bonds.